The van der Waals surface area contributed by atoms with Crippen LogP contribution in [0.3, 0.4) is 0 Å². The number of carbonyl (C=O) groups excluding carboxylic acids is 3. The summed E-state index contributed by atoms with van der Waals surface area (Å²) >= 11 is 0. The average molecular weight is 1700 g/mol. The van der Waals surface area contributed by atoms with Crippen molar-refractivity contribution in [3.63, 3.8) is 0 Å². The SMILES string of the molecule is CC/C=C\C/C=C\C/C=C\C/C=C\C/C=C\C/C=C\CCCCCCCCCCCCCCCCC(=O)OCC(O)COP(=O)(O)OCC(O)COP(=O)(O)OCC(COC(=O)CCCCCCCCCCCCCCC/C=C\C/C=C\C/C=C\C/C=C\CCCCC)OC(=O)CCCCCCC/C=C\C/C=C\C/C=C\C/C=C\C/C=C\CC. The highest BCUT2D eigenvalue weighted by molar-refractivity contribution is 7.47. The molecular weight excluding hydrogens is 1530 g/mol. The Bertz CT molecular complexity index is 2890. The van der Waals surface area contributed by atoms with Gasteiger partial charge in [0.1, 0.15) is 25.4 Å². The first-order chi connectivity index (χ1) is 58.2. The minimum Gasteiger partial charge on any atom is -0.463 e. The van der Waals surface area contributed by atoms with Gasteiger partial charge in [-0.1, -0.05) is 383 Å². The van der Waals surface area contributed by atoms with Gasteiger partial charge in [-0.25, -0.2) is 9.13 Å². The smallest absolute Gasteiger partial charge is 0.463 e. The summed E-state index contributed by atoms with van der Waals surface area (Å²) in [6.07, 6.45) is 121. The average Bonchev–Trinajstić information content (AvgIpc) is 0.902. The van der Waals surface area contributed by atoms with Crippen molar-refractivity contribution in [1.29, 1.82) is 0 Å². The first-order valence-electron chi connectivity index (χ1n) is 47.1. The minimum absolute atomic E-state index is 0.0778. The van der Waals surface area contributed by atoms with Gasteiger partial charge in [-0.3, -0.25) is 32.5 Å². The lowest BCUT2D eigenvalue weighted by molar-refractivity contribution is -0.161. The van der Waals surface area contributed by atoms with Crippen molar-refractivity contribution < 1.29 is 75.8 Å². The largest absolute Gasteiger partial charge is 0.472 e. The highest BCUT2D eigenvalue weighted by Crippen LogP contribution is 2.45. The molecule has 0 saturated carbocycles. The normalized spacial score (nSPS) is 14.6. The van der Waals surface area contributed by atoms with E-state index in [0.29, 0.717) is 19.3 Å². The molecule has 5 atom stereocenters. The molecule has 0 spiro atoms. The van der Waals surface area contributed by atoms with Crippen LogP contribution in [0.1, 0.15) is 380 Å². The molecule has 0 amide bonds. The Labute approximate surface area is 725 Å². The fourth-order valence-electron chi connectivity index (χ4n) is 12.5. The molecule has 18 heteroatoms. The maximum Gasteiger partial charge on any atom is 0.472 e. The van der Waals surface area contributed by atoms with Crippen molar-refractivity contribution in [1.82, 2.24) is 0 Å². The van der Waals surface area contributed by atoms with Gasteiger partial charge in [0.2, 0.25) is 0 Å². The highest BCUT2D eigenvalue weighted by Gasteiger charge is 2.29. The summed E-state index contributed by atoms with van der Waals surface area (Å²) in [5.41, 5.74) is 0. The molecule has 0 fully saturated rings. The van der Waals surface area contributed by atoms with Crippen molar-refractivity contribution in [3.05, 3.63) is 182 Å². The number of allylic oxidation sites excluding steroid dienone is 30. The van der Waals surface area contributed by atoms with Gasteiger partial charge >= 0.3 is 33.6 Å². The summed E-state index contributed by atoms with van der Waals surface area (Å²) in [5.74, 6) is -1.59. The van der Waals surface area contributed by atoms with Crippen LogP contribution in [-0.4, -0.2) is 95.9 Å². The molecule has 0 aromatic rings. The molecule has 5 unspecified atom stereocenters. The number of aliphatic hydroxyl groups excluding tert-OH is 2. The Morgan fingerprint density at radius 1 is 0.244 bits per heavy atom. The molecule has 0 saturated heterocycles. The lowest BCUT2D eigenvalue weighted by Gasteiger charge is -2.21. The molecule has 0 radical (unpaired) electrons. The van der Waals surface area contributed by atoms with Crippen LogP contribution in [0.4, 0.5) is 0 Å². The zero-order valence-corrected chi connectivity index (χ0v) is 76.8. The Hall–Kier alpha value is -5.35. The monoisotopic (exact) mass is 1700 g/mol. The predicted molar refractivity (Wildman–Crippen MR) is 500 cm³/mol. The van der Waals surface area contributed by atoms with Crippen LogP contribution in [0.15, 0.2) is 182 Å². The van der Waals surface area contributed by atoms with E-state index in [1.807, 2.05) is 0 Å². The van der Waals surface area contributed by atoms with Gasteiger partial charge < -0.3 is 34.2 Å². The second-order valence-electron chi connectivity index (χ2n) is 31.0. The van der Waals surface area contributed by atoms with Crippen molar-refractivity contribution in [3.8, 4) is 0 Å². The lowest BCUT2D eigenvalue weighted by Crippen LogP contribution is -2.30. The summed E-state index contributed by atoms with van der Waals surface area (Å²) in [6.45, 7) is 2.44. The molecule has 0 aliphatic carbocycles. The quantitative estimate of drug-likeness (QED) is 0.0146. The van der Waals surface area contributed by atoms with E-state index in [9.17, 15) is 43.5 Å². The molecular formula is C101H170O16P2. The third-order valence-electron chi connectivity index (χ3n) is 19.6. The second kappa shape index (κ2) is 91.8. The molecule has 16 nitrogen and oxygen atoms in total. The van der Waals surface area contributed by atoms with Crippen LogP contribution in [-0.2, 0) is 55.8 Å². The van der Waals surface area contributed by atoms with Crippen molar-refractivity contribution in [2.24, 2.45) is 0 Å². The van der Waals surface area contributed by atoms with E-state index in [1.54, 1.807) is 0 Å². The summed E-state index contributed by atoms with van der Waals surface area (Å²) in [7, 11) is -9.82. The predicted octanol–water partition coefficient (Wildman–Crippen LogP) is 29.2. The number of aliphatic hydroxyl groups is 2. The Morgan fingerprint density at radius 3 is 0.706 bits per heavy atom. The van der Waals surface area contributed by atoms with E-state index in [0.717, 1.165) is 180 Å². The van der Waals surface area contributed by atoms with E-state index in [-0.39, 0.29) is 19.3 Å². The first-order valence-corrected chi connectivity index (χ1v) is 50.1. The summed E-state index contributed by atoms with van der Waals surface area (Å²) in [5, 5.41) is 20.7. The molecule has 680 valence electrons. The van der Waals surface area contributed by atoms with Crippen molar-refractivity contribution in [2.75, 3.05) is 39.6 Å². The van der Waals surface area contributed by atoms with E-state index in [2.05, 4.69) is 203 Å². The molecule has 0 aromatic carbocycles. The molecule has 119 heavy (non-hydrogen) atoms. The zero-order chi connectivity index (χ0) is 86.5. The van der Waals surface area contributed by atoms with Crippen LogP contribution in [0, 0.1) is 0 Å². The summed E-state index contributed by atoms with van der Waals surface area (Å²) in [4.78, 5) is 59.0. The van der Waals surface area contributed by atoms with Gasteiger partial charge in [0.25, 0.3) is 0 Å². The number of hydrogen-bond donors (Lipinski definition) is 4. The third-order valence-corrected chi connectivity index (χ3v) is 21.5. The molecule has 4 N–H and O–H groups in total. The summed E-state index contributed by atoms with van der Waals surface area (Å²) < 4.78 is 61.5. The number of phosphoric ester groups is 2. The van der Waals surface area contributed by atoms with Crippen LogP contribution in [0.5, 0.6) is 0 Å². The van der Waals surface area contributed by atoms with Gasteiger partial charge in [0.05, 0.1) is 26.4 Å². The van der Waals surface area contributed by atoms with E-state index >= 15 is 0 Å². The molecule has 0 aliphatic heterocycles. The van der Waals surface area contributed by atoms with Gasteiger partial charge in [-0.05, 0) is 161 Å². The number of unbranched alkanes of at least 4 members (excludes halogenated alkanes) is 35. The van der Waals surface area contributed by atoms with Gasteiger partial charge in [0, 0.05) is 19.3 Å². The lowest BCUT2D eigenvalue weighted by atomic mass is 10.0. The molecule has 0 aliphatic rings. The van der Waals surface area contributed by atoms with E-state index in [1.165, 1.54) is 141 Å². The Kier molecular flexibility index (Phi) is 87.7. The van der Waals surface area contributed by atoms with Gasteiger partial charge in [-0.15, -0.1) is 0 Å². The Balaban J connectivity index is 4.59. The van der Waals surface area contributed by atoms with Crippen LogP contribution in [0.2, 0.25) is 0 Å². The molecule has 0 bridgehead atoms. The molecule has 0 heterocycles. The van der Waals surface area contributed by atoms with Gasteiger partial charge in [-0.2, -0.15) is 0 Å². The number of hydrogen-bond acceptors (Lipinski definition) is 14. The van der Waals surface area contributed by atoms with Crippen molar-refractivity contribution in [2.45, 2.75) is 399 Å². The van der Waals surface area contributed by atoms with E-state index < -0.39 is 91.5 Å². The maximum absolute atomic E-state index is 13.1. The number of ether oxygens (including phenoxy) is 3. The summed E-state index contributed by atoms with van der Waals surface area (Å²) in [6, 6.07) is 0. The highest BCUT2D eigenvalue weighted by atomic mass is 31.2. The number of rotatable bonds is 88. The van der Waals surface area contributed by atoms with Crippen LogP contribution < -0.4 is 0 Å². The minimum atomic E-state index is -4.95. The fraction of sp³-hybridized carbons (Fsp3) is 0.673. The standard InChI is InChI=1S/C101H170O16P2/c1-4-7-10-13-16-19-22-25-28-31-34-37-39-41-43-45-46-47-48-50-52-53-55-58-60-63-66-69-72-75-78-81-84-87-99(104)111-90-96(102)91-113-118(107,108)114-92-97(103)93-115-119(109,110)116-95-98(117-101(106)89-86-83-80-77-74-71-68-65-62-57-36-33-30-27-24-21-18-15-12-9-6-3)94-112-100(105)88-85-82-79-76-73-70-67-64-61-59-56-54-51-49-44-42-40-38-35-32-29-26-23-20-17-14-11-8-5-2/h7,9-10,12,16-21,25-30,34-38,41-44,46-47,57,65,68,96-98,102-103H,4-6,8,11,13-15,22-24,31-33,39-40,45,48-56,58-64,66-67,69-95H2,1-3H3,(H,107,108)(H,109,110)/b10-7-,12-9-,19-16-,20-17-,21-18-,28-25-,29-26-,30-27-,37-34-,38-35-,43-41-,44-42-,47-46-,57-36-,68-65-. The topological polar surface area (TPSA) is 231 Å². The van der Waals surface area contributed by atoms with E-state index in [4.69, 9.17) is 32.3 Å². The Morgan fingerprint density at radius 2 is 0.445 bits per heavy atom. The molecule has 0 rings (SSSR count). The first kappa shape index (κ1) is 114. The second-order valence-corrected chi connectivity index (χ2v) is 34.0. The molecule has 0 aromatic heterocycles. The third kappa shape index (κ3) is 93.2. The number of phosphoric acid groups is 2. The van der Waals surface area contributed by atoms with Crippen LogP contribution in [0.25, 0.3) is 0 Å². The number of esters is 3. The van der Waals surface area contributed by atoms with Crippen molar-refractivity contribution >= 4 is 33.6 Å². The number of carbonyl (C=O) groups is 3. The van der Waals surface area contributed by atoms with Crippen LogP contribution >= 0.6 is 15.6 Å². The fourth-order valence-corrected chi connectivity index (χ4v) is 14.1. The van der Waals surface area contributed by atoms with Gasteiger partial charge in [0.15, 0.2) is 6.10 Å². The zero-order valence-electron chi connectivity index (χ0n) is 75.0. The maximum atomic E-state index is 13.1.